The molecule has 5 nitrogen and oxygen atoms in total. The minimum atomic E-state index is -0.823. The molecule has 5 heteroatoms. The summed E-state index contributed by atoms with van der Waals surface area (Å²) < 4.78 is 0. The van der Waals surface area contributed by atoms with Gasteiger partial charge in [0, 0.05) is 0 Å². The number of carboxylic acid groups (broad SMARTS) is 1. The molecule has 0 saturated carbocycles. The molecule has 1 aromatic carbocycles. The molecule has 0 fully saturated rings. The molecular weight excluding hydrogens is 302 g/mol. The number of nitrogens with zero attached hydrogens (tertiary/aromatic N) is 1. The fraction of sp³-hybridized carbons (Fsp3) is 0.579. The Morgan fingerprint density at radius 3 is 2.21 bits per heavy atom. The zero-order valence-corrected chi connectivity index (χ0v) is 14.7. The fourth-order valence-electron chi connectivity index (χ4n) is 2.92. The second-order valence-electron chi connectivity index (χ2n) is 6.25. The maximum absolute atomic E-state index is 11.7. The van der Waals surface area contributed by atoms with Gasteiger partial charge in [0.1, 0.15) is 0 Å². The molecule has 0 saturated heterocycles. The lowest BCUT2D eigenvalue weighted by Gasteiger charge is -2.15. The smallest absolute Gasteiger partial charge is 0.311 e. The van der Waals surface area contributed by atoms with Gasteiger partial charge >= 0.3 is 5.97 Å². The number of carbonyl (C=O) groups is 1. The highest BCUT2D eigenvalue weighted by Gasteiger charge is 2.22. The predicted molar refractivity (Wildman–Crippen MR) is 99.5 cm³/mol. The summed E-state index contributed by atoms with van der Waals surface area (Å²) in [5.74, 6) is -1.45. The van der Waals surface area contributed by atoms with E-state index in [-0.39, 0.29) is 5.96 Å². The summed E-state index contributed by atoms with van der Waals surface area (Å²) in [5, 5.41) is 9.57. The van der Waals surface area contributed by atoms with Crippen LogP contribution in [0.4, 0.5) is 5.69 Å². The largest absolute Gasteiger partial charge is 0.481 e. The Kier molecular flexibility index (Phi) is 9.58. The summed E-state index contributed by atoms with van der Waals surface area (Å²) in [6, 6.07) is 7.18. The second kappa shape index (κ2) is 11.5. The Bertz CT molecular complexity index is 525. The topological polar surface area (TPSA) is 102 Å². The molecule has 1 atom stereocenters. The normalized spacial score (nSPS) is 11.9. The lowest BCUT2D eigenvalue weighted by molar-refractivity contribution is -0.139. The van der Waals surface area contributed by atoms with Gasteiger partial charge in [-0.15, -0.1) is 0 Å². The van der Waals surface area contributed by atoms with E-state index in [2.05, 4.69) is 11.9 Å². The zero-order chi connectivity index (χ0) is 17.8. The van der Waals surface area contributed by atoms with Gasteiger partial charge in [-0.25, -0.2) is 4.99 Å². The number of para-hydroxylation sites is 1. The van der Waals surface area contributed by atoms with E-state index in [0.29, 0.717) is 17.7 Å². The van der Waals surface area contributed by atoms with E-state index < -0.39 is 11.9 Å². The first kappa shape index (κ1) is 20.0. The summed E-state index contributed by atoms with van der Waals surface area (Å²) in [6.07, 6.45) is 10.2. The number of aliphatic carboxylic acids is 1. The van der Waals surface area contributed by atoms with Gasteiger partial charge < -0.3 is 16.6 Å². The highest BCUT2D eigenvalue weighted by atomic mass is 16.4. The summed E-state index contributed by atoms with van der Waals surface area (Å²) in [4.78, 5) is 15.7. The van der Waals surface area contributed by atoms with E-state index in [9.17, 15) is 9.90 Å². The maximum atomic E-state index is 11.7. The third-order valence-corrected chi connectivity index (χ3v) is 4.21. The van der Waals surface area contributed by atoms with Gasteiger partial charge in [-0.1, -0.05) is 76.5 Å². The molecular formula is C19H31N3O2. The molecule has 0 heterocycles. The van der Waals surface area contributed by atoms with E-state index in [4.69, 9.17) is 11.5 Å². The van der Waals surface area contributed by atoms with Crippen LogP contribution in [0.1, 0.15) is 76.2 Å². The second-order valence-corrected chi connectivity index (χ2v) is 6.25. The minimum Gasteiger partial charge on any atom is -0.481 e. The van der Waals surface area contributed by atoms with Gasteiger partial charge in [-0.2, -0.15) is 0 Å². The Hall–Kier alpha value is -2.04. The van der Waals surface area contributed by atoms with Gasteiger partial charge in [-0.3, -0.25) is 4.79 Å². The number of rotatable bonds is 12. The van der Waals surface area contributed by atoms with Gasteiger partial charge in [0.15, 0.2) is 5.96 Å². The van der Waals surface area contributed by atoms with E-state index in [1.807, 2.05) is 6.07 Å². The molecule has 0 radical (unpaired) electrons. The molecule has 0 amide bonds. The highest BCUT2D eigenvalue weighted by Crippen LogP contribution is 2.31. The van der Waals surface area contributed by atoms with Crippen LogP contribution < -0.4 is 11.5 Å². The molecule has 0 aliphatic rings. The molecule has 0 aromatic heterocycles. The molecule has 1 unspecified atom stereocenters. The van der Waals surface area contributed by atoms with Crippen LogP contribution in [0.5, 0.6) is 0 Å². The maximum Gasteiger partial charge on any atom is 0.311 e. The Morgan fingerprint density at radius 1 is 1.04 bits per heavy atom. The molecule has 0 spiro atoms. The third-order valence-electron chi connectivity index (χ3n) is 4.21. The van der Waals surface area contributed by atoms with Crippen molar-refractivity contribution < 1.29 is 9.90 Å². The van der Waals surface area contributed by atoms with Crippen LogP contribution in [-0.2, 0) is 4.79 Å². The molecule has 1 aromatic rings. The molecule has 0 aliphatic carbocycles. The van der Waals surface area contributed by atoms with E-state index in [1.54, 1.807) is 18.2 Å². The molecule has 1 rings (SSSR count). The quantitative estimate of drug-likeness (QED) is 0.301. The van der Waals surface area contributed by atoms with Crippen LogP contribution in [0, 0.1) is 0 Å². The van der Waals surface area contributed by atoms with Crippen molar-refractivity contribution in [2.45, 2.75) is 70.6 Å². The number of guanidine groups is 1. The summed E-state index contributed by atoms with van der Waals surface area (Å²) in [6.45, 7) is 2.21. The monoisotopic (exact) mass is 333 g/mol. The van der Waals surface area contributed by atoms with Crippen molar-refractivity contribution in [2.75, 3.05) is 0 Å². The summed E-state index contributed by atoms with van der Waals surface area (Å²) >= 11 is 0. The zero-order valence-electron chi connectivity index (χ0n) is 14.7. The van der Waals surface area contributed by atoms with E-state index in [0.717, 1.165) is 12.8 Å². The first-order valence-corrected chi connectivity index (χ1v) is 8.97. The Morgan fingerprint density at radius 2 is 1.62 bits per heavy atom. The van der Waals surface area contributed by atoms with Crippen molar-refractivity contribution in [3.05, 3.63) is 29.8 Å². The van der Waals surface area contributed by atoms with Gasteiger partial charge in [0.05, 0.1) is 11.6 Å². The van der Waals surface area contributed by atoms with E-state index >= 15 is 0 Å². The predicted octanol–water partition coefficient (Wildman–Crippen LogP) is 4.29. The van der Waals surface area contributed by atoms with Crippen LogP contribution in [-0.4, -0.2) is 17.0 Å². The van der Waals surface area contributed by atoms with Crippen molar-refractivity contribution in [1.82, 2.24) is 0 Å². The van der Waals surface area contributed by atoms with Crippen molar-refractivity contribution in [1.29, 1.82) is 0 Å². The number of nitrogens with two attached hydrogens (primary N) is 2. The average molecular weight is 333 g/mol. The molecule has 24 heavy (non-hydrogen) atoms. The number of benzene rings is 1. The van der Waals surface area contributed by atoms with Crippen LogP contribution in [0.3, 0.4) is 0 Å². The summed E-state index contributed by atoms with van der Waals surface area (Å²) in [7, 11) is 0. The number of hydrogen-bond donors (Lipinski definition) is 3. The first-order chi connectivity index (χ1) is 11.6. The van der Waals surface area contributed by atoms with Crippen molar-refractivity contribution >= 4 is 17.6 Å². The molecule has 5 N–H and O–H groups in total. The minimum absolute atomic E-state index is 0.0568. The lowest BCUT2D eigenvalue weighted by Crippen LogP contribution is -2.22. The van der Waals surface area contributed by atoms with Crippen LogP contribution >= 0.6 is 0 Å². The Labute approximate surface area is 145 Å². The van der Waals surface area contributed by atoms with Gasteiger partial charge in [-0.05, 0) is 18.1 Å². The van der Waals surface area contributed by atoms with Crippen LogP contribution in [0.15, 0.2) is 29.3 Å². The Balaban J connectivity index is 2.54. The number of hydrogen-bond acceptors (Lipinski definition) is 2. The van der Waals surface area contributed by atoms with Crippen molar-refractivity contribution in [2.24, 2.45) is 16.5 Å². The van der Waals surface area contributed by atoms with Gasteiger partial charge in [0.2, 0.25) is 0 Å². The molecule has 134 valence electrons. The number of unbranched alkanes of at least 4 members (excludes halogenated alkanes) is 7. The van der Waals surface area contributed by atoms with Gasteiger partial charge in [0.25, 0.3) is 0 Å². The van der Waals surface area contributed by atoms with Crippen LogP contribution in [0.2, 0.25) is 0 Å². The first-order valence-electron chi connectivity index (χ1n) is 8.97. The molecule has 0 aliphatic heterocycles. The standard InChI is InChI=1S/C19H31N3O2/c1-2-3-4-5-6-7-8-9-13-16(18(23)24)15-12-10-11-14-17(15)22-19(20)21/h10-12,14,16H,2-9,13H2,1H3,(H,23,24)(H4,20,21,22). The number of aliphatic imine (C=N–C) groups is 1. The average Bonchev–Trinajstić information content (AvgIpc) is 2.53. The lowest BCUT2D eigenvalue weighted by atomic mass is 9.91. The summed E-state index contributed by atoms with van der Waals surface area (Å²) in [5.41, 5.74) is 12.1. The third kappa shape index (κ3) is 7.49. The fourth-order valence-corrected chi connectivity index (χ4v) is 2.92. The van der Waals surface area contributed by atoms with Crippen LogP contribution in [0.25, 0.3) is 0 Å². The van der Waals surface area contributed by atoms with Crippen molar-refractivity contribution in [3.63, 3.8) is 0 Å². The number of carboxylic acids is 1. The van der Waals surface area contributed by atoms with E-state index in [1.165, 1.54) is 38.5 Å². The highest BCUT2D eigenvalue weighted by molar-refractivity contribution is 5.82. The van der Waals surface area contributed by atoms with Crippen molar-refractivity contribution in [3.8, 4) is 0 Å². The SMILES string of the molecule is CCCCCCCCCCC(C(=O)O)c1ccccc1N=C(N)N. The molecule has 0 bridgehead atoms.